The summed E-state index contributed by atoms with van der Waals surface area (Å²) in [7, 11) is 0. The average Bonchev–Trinajstić information content (AvgIpc) is 3.25. The van der Waals surface area contributed by atoms with Crippen molar-refractivity contribution in [2.45, 2.75) is 50.9 Å². The van der Waals surface area contributed by atoms with Crippen molar-refractivity contribution in [3.63, 3.8) is 0 Å². The van der Waals surface area contributed by atoms with E-state index in [-0.39, 0.29) is 37.0 Å². The van der Waals surface area contributed by atoms with E-state index in [2.05, 4.69) is 15.3 Å². The molecule has 1 aliphatic rings. The lowest BCUT2D eigenvalue weighted by Crippen LogP contribution is -2.47. The van der Waals surface area contributed by atoms with Crippen LogP contribution in [0.25, 0.3) is 0 Å². The molecule has 1 fully saturated rings. The summed E-state index contributed by atoms with van der Waals surface area (Å²) in [5, 5.41) is 2.95. The number of carbonyl (C=O) groups is 2. The second-order valence-corrected chi connectivity index (χ2v) is 9.11. The first kappa shape index (κ1) is 24.4. The van der Waals surface area contributed by atoms with Gasteiger partial charge < -0.3 is 10.2 Å². The maximum atomic E-state index is 14.8. The Morgan fingerprint density at radius 2 is 1.80 bits per heavy atom. The zero-order valence-corrected chi connectivity index (χ0v) is 19.7. The van der Waals surface area contributed by atoms with Gasteiger partial charge >= 0.3 is 0 Å². The topological polar surface area (TPSA) is 75.2 Å². The van der Waals surface area contributed by atoms with Gasteiger partial charge in [0.2, 0.25) is 11.8 Å². The Labute approximate surface area is 203 Å². The molecule has 1 saturated heterocycles. The Morgan fingerprint density at radius 3 is 2.46 bits per heavy atom. The largest absolute Gasteiger partial charge is 0.343 e. The van der Waals surface area contributed by atoms with Gasteiger partial charge in [0.1, 0.15) is 24.4 Å². The highest BCUT2D eigenvalue weighted by molar-refractivity contribution is 5.89. The molecule has 0 radical (unpaired) electrons. The highest BCUT2D eigenvalue weighted by Gasteiger charge is 2.40. The molecule has 1 aliphatic heterocycles. The zero-order valence-electron chi connectivity index (χ0n) is 19.7. The lowest BCUT2D eigenvalue weighted by atomic mass is 9.94. The molecule has 182 valence electrons. The first-order valence-corrected chi connectivity index (χ1v) is 11.7. The van der Waals surface area contributed by atoms with Crippen molar-refractivity contribution in [2.75, 3.05) is 6.54 Å². The van der Waals surface area contributed by atoms with E-state index >= 15 is 0 Å². The van der Waals surface area contributed by atoms with Crippen LogP contribution < -0.4 is 5.32 Å². The maximum absolute atomic E-state index is 14.8. The number of likely N-dealkylation sites (tertiary alicyclic amines) is 1. The van der Waals surface area contributed by atoms with Gasteiger partial charge in [-0.05, 0) is 34.2 Å². The van der Waals surface area contributed by atoms with Gasteiger partial charge in [-0.2, -0.15) is 0 Å². The summed E-state index contributed by atoms with van der Waals surface area (Å²) in [4.78, 5) is 35.4. The van der Waals surface area contributed by atoms with Crippen molar-refractivity contribution in [1.82, 2.24) is 20.2 Å². The molecule has 1 N–H and O–H groups in total. The fourth-order valence-corrected chi connectivity index (χ4v) is 4.44. The number of alkyl halides is 1. The Hall–Kier alpha value is -3.68. The van der Waals surface area contributed by atoms with Crippen molar-refractivity contribution in [3.8, 4) is 0 Å². The molecule has 2 amide bonds. The van der Waals surface area contributed by atoms with Crippen LogP contribution in [-0.4, -0.2) is 45.4 Å². The number of hydrogen-bond acceptors (Lipinski definition) is 4. The maximum Gasteiger partial charge on any atom is 0.243 e. The van der Waals surface area contributed by atoms with E-state index < -0.39 is 24.2 Å². The van der Waals surface area contributed by atoms with Crippen LogP contribution in [0, 0.1) is 5.82 Å². The molecule has 3 aromatic rings. The van der Waals surface area contributed by atoms with Gasteiger partial charge in [0.05, 0.1) is 19.0 Å². The van der Waals surface area contributed by atoms with Crippen molar-refractivity contribution < 1.29 is 18.4 Å². The molecule has 0 spiro atoms. The number of halogens is 2. The average molecular weight is 479 g/mol. The quantitative estimate of drug-likeness (QED) is 0.554. The van der Waals surface area contributed by atoms with Gasteiger partial charge in [0.15, 0.2) is 0 Å². The molecule has 35 heavy (non-hydrogen) atoms. The van der Waals surface area contributed by atoms with Crippen LogP contribution >= 0.6 is 0 Å². The van der Waals surface area contributed by atoms with E-state index in [9.17, 15) is 18.4 Å². The molecule has 2 aromatic carbocycles. The van der Waals surface area contributed by atoms with Gasteiger partial charge in [-0.3, -0.25) is 9.59 Å². The van der Waals surface area contributed by atoms with E-state index in [4.69, 9.17) is 0 Å². The molecule has 0 aliphatic carbocycles. The minimum atomic E-state index is -1.31. The Morgan fingerprint density at radius 1 is 1.09 bits per heavy atom. The van der Waals surface area contributed by atoms with E-state index in [1.165, 1.54) is 29.7 Å². The van der Waals surface area contributed by atoms with Crippen LogP contribution in [-0.2, 0) is 16.0 Å². The molecule has 0 bridgehead atoms. The highest BCUT2D eigenvalue weighted by atomic mass is 19.1. The van der Waals surface area contributed by atoms with E-state index in [0.717, 1.165) is 5.56 Å². The Bertz CT molecular complexity index is 1170. The number of nitrogens with one attached hydrogen (secondary N) is 1. The lowest BCUT2D eigenvalue weighted by Gasteiger charge is -2.27. The molecule has 4 rings (SSSR count). The van der Waals surface area contributed by atoms with Crippen molar-refractivity contribution >= 4 is 11.8 Å². The number of aromatic nitrogens is 2. The first-order chi connectivity index (χ1) is 16.8. The fraction of sp³-hybridized carbons (Fsp3) is 0.333. The molecule has 2 heterocycles. The zero-order chi connectivity index (χ0) is 24.9. The molecule has 1 aromatic heterocycles. The Kier molecular flexibility index (Phi) is 7.48. The fourth-order valence-electron chi connectivity index (χ4n) is 4.44. The van der Waals surface area contributed by atoms with Gasteiger partial charge in [0.25, 0.3) is 0 Å². The summed E-state index contributed by atoms with van der Waals surface area (Å²) in [6.07, 6.45) is 2.97. The van der Waals surface area contributed by atoms with Gasteiger partial charge in [-0.15, -0.1) is 0 Å². The molecular formula is C27H28F2N4O2. The molecule has 6 nitrogen and oxygen atoms in total. The summed E-state index contributed by atoms with van der Waals surface area (Å²) in [5.74, 6) is -1.18. The SMILES string of the molecule is CC(C)c1ccc([C@@H](NC(=O)[C@@H]2C[C@@H](F)CN2C(=O)Cc2cncnc2)c2ccccc2)cc1F. The van der Waals surface area contributed by atoms with Gasteiger partial charge in [0, 0.05) is 18.8 Å². The summed E-state index contributed by atoms with van der Waals surface area (Å²) >= 11 is 0. The number of carbonyl (C=O) groups excluding carboxylic acids is 2. The number of hydrogen-bond donors (Lipinski definition) is 1. The highest BCUT2D eigenvalue weighted by Crippen LogP contribution is 2.28. The minimum Gasteiger partial charge on any atom is -0.343 e. The van der Waals surface area contributed by atoms with Crippen LogP contribution in [0.5, 0.6) is 0 Å². The third-order valence-electron chi connectivity index (χ3n) is 6.24. The van der Waals surface area contributed by atoms with Crippen LogP contribution in [0.1, 0.15) is 54.5 Å². The standard InChI is InChI=1S/C27H28F2N4O2/c1-17(2)22-9-8-20(11-23(22)29)26(19-6-4-3-5-7-19)32-27(35)24-12-21(28)15-33(24)25(34)10-18-13-30-16-31-14-18/h3-9,11,13-14,16-17,21,24,26H,10,12,15H2,1-2H3,(H,32,35)/t21-,24+,26+/m1/s1. The Balaban J connectivity index is 1.58. The van der Waals surface area contributed by atoms with Crippen molar-refractivity contribution in [2.24, 2.45) is 0 Å². The second kappa shape index (κ2) is 10.7. The molecular weight excluding hydrogens is 450 g/mol. The summed E-state index contributed by atoms with van der Waals surface area (Å²) in [5.41, 5.74) is 2.50. The van der Waals surface area contributed by atoms with Crippen LogP contribution in [0.3, 0.4) is 0 Å². The lowest BCUT2D eigenvalue weighted by molar-refractivity contribution is -0.138. The summed E-state index contributed by atoms with van der Waals surface area (Å²) in [6.45, 7) is 3.67. The minimum absolute atomic E-state index is 0.0170. The van der Waals surface area contributed by atoms with Crippen molar-refractivity contribution in [3.05, 3.63) is 95.3 Å². The van der Waals surface area contributed by atoms with Gasteiger partial charge in [-0.25, -0.2) is 18.7 Å². The normalized spacial score (nSPS) is 18.5. The first-order valence-electron chi connectivity index (χ1n) is 11.7. The van der Waals surface area contributed by atoms with Crippen molar-refractivity contribution in [1.29, 1.82) is 0 Å². The van der Waals surface area contributed by atoms with Crippen LogP contribution in [0.2, 0.25) is 0 Å². The molecule has 0 saturated carbocycles. The number of benzene rings is 2. The van der Waals surface area contributed by atoms with E-state index in [1.807, 2.05) is 44.2 Å². The number of rotatable bonds is 7. The predicted molar refractivity (Wildman–Crippen MR) is 128 cm³/mol. The summed E-state index contributed by atoms with van der Waals surface area (Å²) in [6, 6.07) is 12.5. The van der Waals surface area contributed by atoms with Crippen LogP contribution in [0.4, 0.5) is 8.78 Å². The monoisotopic (exact) mass is 478 g/mol. The summed E-state index contributed by atoms with van der Waals surface area (Å²) < 4.78 is 29.2. The molecule has 8 heteroatoms. The smallest absolute Gasteiger partial charge is 0.243 e. The van der Waals surface area contributed by atoms with Gasteiger partial charge in [-0.1, -0.05) is 56.3 Å². The van der Waals surface area contributed by atoms with E-state index in [1.54, 1.807) is 12.1 Å². The third-order valence-corrected chi connectivity index (χ3v) is 6.24. The molecule has 3 atom stereocenters. The number of nitrogens with zero attached hydrogens (tertiary/aromatic N) is 3. The molecule has 0 unspecified atom stereocenters. The number of amides is 2. The van der Waals surface area contributed by atoms with E-state index in [0.29, 0.717) is 16.7 Å². The third kappa shape index (κ3) is 5.70. The second-order valence-electron chi connectivity index (χ2n) is 9.11. The van der Waals surface area contributed by atoms with Crippen LogP contribution in [0.15, 0.2) is 67.3 Å². The predicted octanol–water partition coefficient (Wildman–Crippen LogP) is 4.13.